The topological polar surface area (TPSA) is 79.2 Å². The minimum Gasteiger partial charge on any atom is -0.353 e. The van der Waals surface area contributed by atoms with E-state index in [0.717, 1.165) is 29.0 Å². The third-order valence-corrected chi connectivity index (χ3v) is 5.34. The van der Waals surface area contributed by atoms with E-state index in [9.17, 15) is 18.0 Å². The van der Waals surface area contributed by atoms with Crippen LogP contribution >= 0.6 is 11.6 Å². The number of amides is 1. The van der Waals surface area contributed by atoms with Gasteiger partial charge >= 0.3 is 6.18 Å². The molecule has 0 radical (unpaired) electrons. The summed E-state index contributed by atoms with van der Waals surface area (Å²) < 4.78 is 41.3. The first-order valence-corrected chi connectivity index (χ1v) is 9.87. The lowest BCUT2D eigenvalue weighted by Crippen LogP contribution is -2.49. The van der Waals surface area contributed by atoms with Gasteiger partial charge in [0.05, 0.1) is 29.4 Å². The van der Waals surface area contributed by atoms with Gasteiger partial charge in [-0.05, 0) is 18.2 Å². The van der Waals surface area contributed by atoms with Crippen LogP contribution in [-0.2, 0) is 18.0 Å². The Morgan fingerprint density at radius 1 is 1.19 bits per heavy atom. The summed E-state index contributed by atoms with van der Waals surface area (Å²) in [6.07, 6.45) is -1.41. The number of nitrogens with zero attached hydrogens (tertiary/aromatic N) is 6. The first-order chi connectivity index (χ1) is 14.7. The van der Waals surface area contributed by atoms with Crippen LogP contribution in [0.1, 0.15) is 5.56 Å². The van der Waals surface area contributed by atoms with Crippen molar-refractivity contribution in [1.29, 1.82) is 0 Å². The van der Waals surface area contributed by atoms with Crippen molar-refractivity contribution in [3.8, 4) is 0 Å². The number of piperazine rings is 1. The lowest BCUT2D eigenvalue weighted by atomic mass is 10.1. The molecule has 3 aromatic rings. The number of carbonyl (C=O) groups is 1. The van der Waals surface area contributed by atoms with Gasteiger partial charge < -0.3 is 10.2 Å². The number of nitrogens with one attached hydrogen (secondary N) is 1. The summed E-state index contributed by atoms with van der Waals surface area (Å²) >= 11 is 5.68. The van der Waals surface area contributed by atoms with Crippen LogP contribution in [-0.4, -0.2) is 63.3 Å². The van der Waals surface area contributed by atoms with E-state index in [2.05, 4.69) is 25.3 Å². The van der Waals surface area contributed by atoms with E-state index in [1.54, 1.807) is 17.9 Å². The van der Waals surface area contributed by atoms with Crippen LogP contribution in [0.4, 0.5) is 24.7 Å². The van der Waals surface area contributed by atoms with Crippen LogP contribution in [0.5, 0.6) is 0 Å². The normalized spacial score (nSPS) is 15.5. The van der Waals surface area contributed by atoms with Crippen molar-refractivity contribution < 1.29 is 18.0 Å². The molecule has 1 aliphatic rings. The molecule has 1 aliphatic heterocycles. The number of hydrogen-bond donors (Lipinski definition) is 1. The Bertz CT molecular complexity index is 1110. The molecule has 0 saturated carbocycles. The summed E-state index contributed by atoms with van der Waals surface area (Å²) in [6.45, 7) is 2.34. The highest BCUT2D eigenvalue weighted by molar-refractivity contribution is 6.30. The lowest BCUT2D eigenvalue weighted by molar-refractivity contribution is -0.137. The molecular weight excluding hydrogens is 435 g/mol. The van der Waals surface area contributed by atoms with Gasteiger partial charge in [-0.15, -0.1) is 0 Å². The van der Waals surface area contributed by atoms with Crippen LogP contribution in [0.25, 0.3) is 11.0 Å². The van der Waals surface area contributed by atoms with E-state index in [1.165, 1.54) is 12.4 Å². The molecule has 4 rings (SSSR count). The predicted octanol–water partition coefficient (Wildman–Crippen LogP) is 2.80. The number of benzene rings is 1. The van der Waals surface area contributed by atoms with Gasteiger partial charge in [0.2, 0.25) is 5.91 Å². The highest BCUT2D eigenvalue weighted by Gasteiger charge is 2.34. The summed E-state index contributed by atoms with van der Waals surface area (Å²) in [5.74, 6) is 0.260. The molecule has 12 heteroatoms. The van der Waals surface area contributed by atoms with Gasteiger partial charge in [-0.1, -0.05) is 11.6 Å². The SMILES string of the molecule is Cn1ncc2c(N3CCN(CC(=O)Nc4ccc(Cl)cc4C(F)(F)F)CC3)ncnc21. The van der Waals surface area contributed by atoms with Gasteiger partial charge in [0.25, 0.3) is 0 Å². The minimum atomic E-state index is -4.62. The van der Waals surface area contributed by atoms with Crippen LogP contribution in [0.2, 0.25) is 5.02 Å². The van der Waals surface area contributed by atoms with E-state index in [1.807, 2.05) is 4.90 Å². The number of halogens is 4. The second-order valence-electron chi connectivity index (χ2n) is 7.20. The van der Waals surface area contributed by atoms with Gasteiger partial charge in [-0.3, -0.25) is 14.4 Å². The number of fused-ring (bicyclic) bond motifs is 1. The quantitative estimate of drug-likeness (QED) is 0.654. The van der Waals surface area contributed by atoms with Crippen LogP contribution in [0.15, 0.2) is 30.7 Å². The van der Waals surface area contributed by atoms with Crippen LogP contribution in [0, 0.1) is 0 Å². The Morgan fingerprint density at radius 2 is 1.94 bits per heavy atom. The molecule has 8 nitrogen and oxygen atoms in total. The van der Waals surface area contributed by atoms with Gasteiger partial charge in [-0.2, -0.15) is 18.3 Å². The Hall–Kier alpha value is -2.92. The molecule has 31 heavy (non-hydrogen) atoms. The van der Waals surface area contributed by atoms with Gasteiger partial charge in [0, 0.05) is 38.2 Å². The Kier molecular flexibility index (Phi) is 5.71. The molecule has 2 aromatic heterocycles. The summed E-state index contributed by atoms with van der Waals surface area (Å²) in [4.78, 5) is 24.9. The van der Waals surface area contributed by atoms with Crippen molar-refractivity contribution in [3.63, 3.8) is 0 Å². The second-order valence-corrected chi connectivity index (χ2v) is 7.64. The summed E-state index contributed by atoms with van der Waals surface area (Å²) in [5, 5.41) is 7.37. The highest BCUT2D eigenvalue weighted by Crippen LogP contribution is 2.36. The molecule has 1 aromatic carbocycles. The van der Waals surface area contributed by atoms with E-state index < -0.39 is 17.6 Å². The van der Waals surface area contributed by atoms with Gasteiger partial charge in [0.15, 0.2) is 5.65 Å². The minimum absolute atomic E-state index is 0.0140. The number of aryl methyl sites for hydroxylation is 1. The number of carbonyl (C=O) groups excluding carboxylic acids is 1. The van der Waals surface area contributed by atoms with Crippen molar-refractivity contribution in [1.82, 2.24) is 24.6 Å². The fourth-order valence-corrected chi connectivity index (χ4v) is 3.74. The number of alkyl halides is 3. The summed E-state index contributed by atoms with van der Waals surface area (Å²) in [7, 11) is 1.81. The average Bonchev–Trinajstić information content (AvgIpc) is 3.10. The number of hydrogen-bond acceptors (Lipinski definition) is 6. The first-order valence-electron chi connectivity index (χ1n) is 9.49. The zero-order chi connectivity index (χ0) is 22.2. The Balaban J connectivity index is 1.38. The molecule has 1 N–H and O–H groups in total. The van der Waals surface area contributed by atoms with Crippen molar-refractivity contribution in [3.05, 3.63) is 41.3 Å². The molecule has 1 fully saturated rings. The highest BCUT2D eigenvalue weighted by atomic mass is 35.5. The third kappa shape index (κ3) is 4.57. The molecule has 0 unspecified atom stereocenters. The maximum absolute atomic E-state index is 13.2. The van der Waals surface area contributed by atoms with E-state index in [0.29, 0.717) is 26.2 Å². The zero-order valence-electron chi connectivity index (χ0n) is 16.5. The maximum Gasteiger partial charge on any atom is 0.418 e. The fraction of sp³-hybridized carbons (Fsp3) is 0.368. The van der Waals surface area contributed by atoms with Crippen molar-refractivity contribution in [2.75, 3.05) is 42.9 Å². The number of aromatic nitrogens is 4. The Morgan fingerprint density at radius 3 is 2.65 bits per heavy atom. The largest absolute Gasteiger partial charge is 0.418 e. The first kappa shape index (κ1) is 21.3. The fourth-order valence-electron chi connectivity index (χ4n) is 3.57. The molecule has 1 saturated heterocycles. The lowest BCUT2D eigenvalue weighted by Gasteiger charge is -2.35. The van der Waals surface area contributed by atoms with Crippen molar-refractivity contribution >= 4 is 40.0 Å². The number of rotatable bonds is 4. The summed E-state index contributed by atoms with van der Waals surface area (Å²) in [5.41, 5.74) is -0.543. The molecule has 164 valence electrons. The average molecular weight is 454 g/mol. The smallest absolute Gasteiger partial charge is 0.353 e. The Labute approximate surface area is 180 Å². The van der Waals surface area contributed by atoms with Crippen molar-refractivity contribution in [2.24, 2.45) is 7.05 Å². The van der Waals surface area contributed by atoms with Crippen LogP contribution in [0.3, 0.4) is 0 Å². The third-order valence-electron chi connectivity index (χ3n) is 5.11. The zero-order valence-corrected chi connectivity index (χ0v) is 17.3. The molecular formula is C19H19ClF3N7O. The standard InChI is InChI=1S/C19H19ClF3N7O/c1-28-17-13(9-26-28)18(25-11-24-17)30-6-4-29(5-7-30)10-16(31)27-15-3-2-12(20)8-14(15)19(21,22)23/h2-3,8-9,11H,4-7,10H2,1H3,(H,27,31). The molecule has 3 heterocycles. The van der Waals surface area contributed by atoms with E-state index in [4.69, 9.17) is 11.6 Å². The monoisotopic (exact) mass is 453 g/mol. The molecule has 0 aliphatic carbocycles. The molecule has 1 amide bonds. The second kappa shape index (κ2) is 8.31. The van der Waals surface area contributed by atoms with E-state index >= 15 is 0 Å². The van der Waals surface area contributed by atoms with Crippen molar-refractivity contribution in [2.45, 2.75) is 6.18 Å². The molecule has 0 atom stereocenters. The number of anilines is 2. The van der Waals surface area contributed by atoms with E-state index in [-0.39, 0.29) is 17.3 Å². The molecule has 0 bridgehead atoms. The van der Waals surface area contributed by atoms with Gasteiger partial charge in [0.1, 0.15) is 12.1 Å². The van der Waals surface area contributed by atoms with Gasteiger partial charge in [-0.25, -0.2) is 9.97 Å². The molecule has 0 spiro atoms. The van der Waals surface area contributed by atoms with Crippen LogP contribution < -0.4 is 10.2 Å². The maximum atomic E-state index is 13.2. The summed E-state index contributed by atoms with van der Waals surface area (Å²) in [6, 6.07) is 3.28. The predicted molar refractivity (Wildman–Crippen MR) is 110 cm³/mol.